The van der Waals surface area contributed by atoms with Crippen LogP contribution in [0.25, 0.3) is 0 Å². The van der Waals surface area contributed by atoms with E-state index in [2.05, 4.69) is 13.8 Å². The van der Waals surface area contributed by atoms with E-state index in [1.54, 1.807) is 7.11 Å². The average molecular weight is 194 g/mol. The van der Waals surface area contributed by atoms with Gasteiger partial charge in [0.1, 0.15) is 5.75 Å². The maximum absolute atomic E-state index is 5.59. The number of anilines is 1. The zero-order valence-corrected chi connectivity index (χ0v) is 9.29. The lowest BCUT2D eigenvalue weighted by Crippen LogP contribution is -2.25. The molecule has 0 saturated carbocycles. The van der Waals surface area contributed by atoms with Crippen molar-refractivity contribution < 1.29 is 4.74 Å². The van der Waals surface area contributed by atoms with Crippen molar-refractivity contribution >= 4 is 5.69 Å². The van der Waals surface area contributed by atoms with Crippen LogP contribution in [-0.4, -0.2) is 20.8 Å². The van der Waals surface area contributed by atoms with Gasteiger partial charge >= 0.3 is 0 Å². The molecule has 0 amide bonds. The molecule has 1 aromatic carbocycles. The monoisotopic (exact) mass is 194 g/mol. The molecule has 0 bridgehead atoms. The molecule has 0 aliphatic heterocycles. The Kier molecular flexibility index (Phi) is 3.36. The second-order valence-corrected chi connectivity index (χ2v) is 3.42. The Morgan fingerprint density at radius 2 is 1.93 bits per heavy atom. The van der Waals surface area contributed by atoms with Gasteiger partial charge in [-0.05, 0) is 37.1 Å². The first-order valence-electron chi connectivity index (χ1n) is 4.67. The molecule has 2 N–H and O–H groups in total. The summed E-state index contributed by atoms with van der Waals surface area (Å²) in [4.78, 5) is 2.02. The molecule has 0 saturated heterocycles. The Morgan fingerprint density at radius 1 is 1.29 bits per heavy atom. The number of nitrogens with two attached hydrogens (primary N) is 1. The molecule has 0 radical (unpaired) electrons. The molecule has 0 atom stereocenters. The predicted octanol–water partition coefficient (Wildman–Crippen LogP) is 1.66. The molecule has 14 heavy (non-hydrogen) atoms. The number of nitrogens with zero attached hydrogens (tertiary/aromatic N) is 1. The van der Waals surface area contributed by atoms with Crippen LogP contribution in [0, 0.1) is 13.8 Å². The van der Waals surface area contributed by atoms with Crippen molar-refractivity contribution in [3.05, 3.63) is 23.3 Å². The van der Waals surface area contributed by atoms with E-state index >= 15 is 0 Å². The molecular formula is C11H18N2O. The van der Waals surface area contributed by atoms with Gasteiger partial charge < -0.3 is 15.4 Å². The lowest BCUT2D eigenvalue weighted by Gasteiger charge is -2.21. The van der Waals surface area contributed by atoms with Gasteiger partial charge in [0.2, 0.25) is 0 Å². The van der Waals surface area contributed by atoms with E-state index in [4.69, 9.17) is 10.5 Å². The molecule has 1 rings (SSSR count). The molecular weight excluding hydrogens is 176 g/mol. The third kappa shape index (κ3) is 1.82. The fourth-order valence-corrected chi connectivity index (χ4v) is 1.51. The number of hydrogen-bond acceptors (Lipinski definition) is 3. The summed E-state index contributed by atoms with van der Waals surface area (Å²) >= 11 is 0. The van der Waals surface area contributed by atoms with Gasteiger partial charge in [0.25, 0.3) is 0 Å². The molecule has 0 aliphatic carbocycles. The van der Waals surface area contributed by atoms with Crippen LogP contribution in [0.1, 0.15) is 11.1 Å². The Labute approximate surface area is 85.5 Å². The minimum atomic E-state index is 0.520. The lowest BCUT2D eigenvalue weighted by atomic mass is 10.1. The second-order valence-electron chi connectivity index (χ2n) is 3.42. The van der Waals surface area contributed by atoms with Crippen molar-refractivity contribution in [3.63, 3.8) is 0 Å². The highest BCUT2D eigenvalue weighted by Crippen LogP contribution is 2.28. The first-order valence-corrected chi connectivity index (χ1v) is 4.67. The fourth-order valence-electron chi connectivity index (χ4n) is 1.51. The maximum Gasteiger partial charge on any atom is 0.122 e. The third-order valence-electron chi connectivity index (χ3n) is 2.61. The van der Waals surface area contributed by atoms with Crippen molar-refractivity contribution in [1.82, 2.24) is 0 Å². The normalized spacial score (nSPS) is 10.1. The highest BCUT2D eigenvalue weighted by molar-refractivity contribution is 5.59. The van der Waals surface area contributed by atoms with Gasteiger partial charge in [0, 0.05) is 12.7 Å². The van der Waals surface area contributed by atoms with E-state index < -0.39 is 0 Å². The van der Waals surface area contributed by atoms with Gasteiger partial charge in [-0.1, -0.05) is 0 Å². The summed E-state index contributed by atoms with van der Waals surface area (Å²) < 4.78 is 5.24. The van der Waals surface area contributed by atoms with E-state index in [1.165, 1.54) is 11.1 Å². The molecule has 0 aliphatic rings. The summed E-state index contributed by atoms with van der Waals surface area (Å²) in [6.45, 7) is 4.66. The Morgan fingerprint density at radius 3 is 2.43 bits per heavy atom. The fraction of sp³-hybridized carbons (Fsp3) is 0.455. The number of hydrogen-bond donors (Lipinski definition) is 1. The number of ether oxygens (including phenoxy) is 1. The maximum atomic E-state index is 5.59. The molecule has 3 nitrogen and oxygen atoms in total. The van der Waals surface area contributed by atoms with Crippen LogP contribution < -0.4 is 15.4 Å². The summed E-state index contributed by atoms with van der Waals surface area (Å²) in [5.41, 5.74) is 9.14. The first-order chi connectivity index (χ1) is 6.61. The Hall–Kier alpha value is -1.22. The van der Waals surface area contributed by atoms with Gasteiger partial charge in [0.05, 0.1) is 13.8 Å². The Balaban J connectivity index is 3.17. The zero-order chi connectivity index (χ0) is 10.7. The van der Waals surface area contributed by atoms with Crippen molar-refractivity contribution in [3.8, 4) is 5.75 Å². The summed E-state index contributed by atoms with van der Waals surface area (Å²) in [6.07, 6.45) is 0. The van der Waals surface area contributed by atoms with Gasteiger partial charge in [-0.25, -0.2) is 0 Å². The molecule has 0 unspecified atom stereocenters. The van der Waals surface area contributed by atoms with E-state index in [0.29, 0.717) is 6.67 Å². The van der Waals surface area contributed by atoms with Crippen LogP contribution in [0.15, 0.2) is 12.1 Å². The molecule has 1 aromatic rings. The summed E-state index contributed by atoms with van der Waals surface area (Å²) in [6, 6.07) is 4.01. The average Bonchev–Trinajstić information content (AvgIpc) is 2.21. The van der Waals surface area contributed by atoms with Crippen molar-refractivity contribution in [1.29, 1.82) is 0 Å². The minimum absolute atomic E-state index is 0.520. The van der Waals surface area contributed by atoms with E-state index in [-0.39, 0.29) is 0 Å². The van der Waals surface area contributed by atoms with Crippen LogP contribution in [0.2, 0.25) is 0 Å². The SMILES string of the molecule is COc1ccc(N(C)CN)c(C)c1C. The first kappa shape index (κ1) is 10.9. The highest BCUT2D eigenvalue weighted by Gasteiger charge is 2.08. The van der Waals surface area contributed by atoms with Crippen LogP contribution in [-0.2, 0) is 0 Å². The standard InChI is InChI=1S/C11H18N2O/c1-8-9(2)11(14-4)6-5-10(8)13(3)7-12/h5-6H,7,12H2,1-4H3. The molecule has 0 aromatic heterocycles. The van der Waals surface area contributed by atoms with Crippen LogP contribution >= 0.6 is 0 Å². The van der Waals surface area contributed by atoms with Crippen molar-refractivity contribution in [2.45, 2.75) is 13.8 Å². The van der Waals surface area contributed by atoms with Crippen LogP contribution in [0.4, 0.5) is 5.69 Å². The van der Waals surface area contributed by atoms with Crippen molar-refractivity contribution in [2.75, 3.05) is 25.7 Å². The number of methoxy groups -OCH3 is 1. The highest BCUT2D eigenvalue weighted by atomic mass is 16.5. The second kappa shape index (κ2) is 4.33. The largest absolute Gasteiger partial charge is 0.496 e. The Bertz CT molecular complexity index is 323. The van der Waals surface area contributed by atoms with Gasteiger partial charge in [-0.3, -0.25) is 0 Å². The molecule has 78 valence electrons. The summed E-state index contributed by atoms with van der Waals surface area (Å²) in [5.74, 6) is 0.927. The van der Waals surface area contributed by atoms with E-state index in [1.807, 2.05) is 24.1 Å². The van der Waals surface area contributed by atoms with E-state index in [0.717, 1.165) is 11.4 Å². The number of benzene rings is 1. The van der Waals surface area contributed by atoms with Gasteiger partial charge in [-0.2, -0.15) is 0 Å². The topological polar surface area (TPSA) is 38.5 Å². The molecule has 0 fully saturated rings. The minimum Gasteiger partial charge on any atom is -0.496 e. The quantitative estimate of drug-likeness (QED) is 0.744. The van der Waals surface area contributed by atoms with Crippen molar-refractivity contribution in [2.24, 2.45) is 5.73 Å². The summed E-state index contributed by atoms with van der Waals surface area (Å²) in [7, 11) is 3.67. The number of rotatable bonds is 3. The van der Waals surface area contributed by atoms with Gasteiger partial charge in [0.15, 0.2) is 0 Å². The molecule has 0 heterocycles. The smallest absolute Gasteiger partial charge is 0.122 e. The van der Waals surface area contributed by atoms with Crippen LogP contribution in [0.3, 0.4) is 0 Å². The van der Waals surface area contributed by atoms with Crippen LogP contribution in [0.5, 0.6) is 5.75 Å². The molecule has 3 heteroatoms. The zero-order valence-electron chi connectivity index (χ0n) is 9.29. The lowest BCUT2D eigenvalue weighted by molar-refractivity contribution is 0.411. The van der Waals surface area contributed by atoms with Gasteiger partial charge in [-0.15, -0.1) is 0 Å². The third-order valence-corrected chi connectivity index (χ3v) is 2.61. The van der Waals surface area contributed by atoms with E-state index in [9.17, 15) is 0 Å². The molecule has 0 spiro atoms. The predicted molar refractivity (Wildman–Crippen MR) is 59.9 cm³/mol. The summed E-state index contributed by atoms with van der Waals surface area (Å²) in [5, 5.41) is 0.